The molecule has 0 fully saturated rings. The summed E-state index contributed by atoms with van der Waals surface area (Å²) in [6.07, 6.45) is 1.36. The number of rotatable bonds is 5. The topological polar surface area (TPSA) is 84.3 Å². The minimum atomic E-state index is -3.70. The Morgan fingerprint density at radius 1 is 1.08 bits per heavy atom. The third kappa shape index (κ3) is 3.66. The van der Waals surface area contributed by atoms with Gasteiger partial charge >= 0.3 is 0 Å². The van der Waals surface area contributed by atoms with Crippen molar-refractivity contribution in [2.75, 3.05) is 0 Å². The van der Waals surface area contributed by atoms with Crippen LogP contribution in [0, 0.1) is 6.92 Å². The van der Waals surface area contributed by atoms with Crippen molar-refractivity contribution in [3.05, 3.63) is 65.9 Å². The van der Waals surface area contributed by atoms with Gasteiger partial charge in [0.05, 0.1) is 16.0 Å². The van der Waals surface area contributed by atoms with Gasteiger partial charge in [0.1, 0.15) is 5.69 Å². The highest BCUT2D eigenvalue weighted by Gasteiger charge is 2.13. The zero-order valence-corrected chi connectivity index (χ0v) is 14.4. The van der Waals surface area contributed by atoms with E-state index >= 15 is 0 Å². The fourth-order valence-corrected chi connectivity index (χ4v) is 3.43. The largest absolute Gasteiger partial charge is 0.276 e. The average molecular weight is 358 g/mol. The maximum atomic E-state index is 12.2. The van der Waals surface area contributed by atoms with Crippen LogP contribution < -0.4 is 4.83 Å². The number of nitrogens with zero attached hydrogens (tertiary/aromatic N) is 3. The summed E-state index contributed by atoms with van der Waals surface area (Å²) in [5.41, 5.74) is 2.45. The fraction of sp³-hybridized carbons (Fsp3) is 0.0625. The Kier molecular flexibility index (Phi) is 4.68. The lowest BCUT2D eigenvalue weighted by molar-refractivity contribution is 0.584. The van der Waals surface area contributed by atoms with Crippen LogP contribution in [0.3, 0.4) is 0 Å². The van der Waals surface area contributed by atoms with Crippen LogP contribution in [0.1, 0.15) is 11.3 Å². The van der Waals surface area contributed by atoms with E-state index in [9.17, 15) is 8.42 Å². The average Bonchev–Trinajstić information content (AvgIpc) is 3.04. The molecule has 1 heterocycles. The highest BCUT2D eigenvalue weighted by molar-refractivity contribution is 7.89. The first-order valence-corrected chi connectivity index (χ1v) is 9.31. The van der Waals surface area contributed by atoms with E-state index in [1.54, 1.807) is 12.1 Å². The smallest absolute Gasteiger partial charge is 0.200 e. The lowest BCUT2D eigenvalue weighted by Gasteiger charge is -2.03. The summed E-state index contributed by atoms with van der Waals surface area (Å²) in [5, 5.41) is 7.79. The van der Waals surface area contributed by atoms with Gasteiger partial charge in [0, 0.05) is 0 Å². The van der Waals surface area contributed by atoms with Crippen molar-refractivity contribution in [2.45, 2.75) is 11.8 Å². The quantitative estimate of drug-likeness (QED) is 0.561. The number of hydrogen-bond donors (Lipinski definition) is 1. The number of benzene rings is 2. The molecule has 24 heavy (non-hydrogen) atoms. The Morgan fingerprint density at radius 2 is 1.79 bits per heavy atom. The van der Waals surface area contributed by atoms with Crippen molar-refractivity contribution in [3.63, 3.8) is 0 Å². The van der Waals surface area contributed by atoms with Gasteiger partial charge in [0.2, 0.25) is 0 Å². The van der Waals surface area contributed by atoms with Crippen LogP contribution in [-0.2, 0) is 10.0 Å². The minimum absolute atomic E-state index is 0.157. The molecule has 0 spiro atoms. The molecule has 0 aliphatic carbocycles. The lowest BCUT2D eigenvalue weighted by atomic mass is 10.2. The number of hydrazone groups is 1. The van der Waals surface area contributed by atoms with E-state index in [0.29, 0.717) is 5.69 Å². The number of hydrogen-bond acceptors (Lipinski definition) is 6. The number of sulfonamides is 1. The van der Waals surface area contributed by atoms with E-state index < -0.39 is 10.0 Å². The Labute approximate surface area is 144 Å². The van der Waals surface area contributed by atoms with Gasteiger partial charge < -0.3 is 0 Å². The molecular weight excluding hydrogens is 344 g/mol. The van der Waals surface area contributed by atoms with Gasteiger partial charge in [-0.15, -0.1) is 5.10 Å². The van der Waals surface area contributed by atoms with Crippen LogP contribution >= 0.6 is 11.5 Å². The van der Waals surface area contributed by atoms with E-state index in [1.807, 2.05) is 37.3 Å². The number of nitrogens with one attached hydrogen (secondary N) is 1. The van der Waals surface area contributed by atoms with E-state index in [2.05, 4.69) is 19.5 Å². The monoisotopic (exact) mass is 358 g/mol. The van der Waals surface area contributed by atoms with E-state index in [4.69, 9.17) is 0 Å². The van der Waals surface area contributed by atoms with Gasteiger partial charge in [-0.25, -0.2) is 4.83 Å². The molecule has 3 rings (SSSR count). The van der Waals surface area contributed by atoms with Crippen LogP contribution in [0.25, 0.3) is 10.4 Å². The van der Waals surface area contributed by atoms with Crippen LogP contribution in [0.5, 0.6) is 0 Å². The molecule has 3 aromatic rings. The molecule has 0 bridgehead atoms. The summed E-state index contributed by atoms with van der Waals surface area (Å²) < 4.78 is 28.2. The van der Waals surface area contributed by atoms with Crippen molar-refractivity contribution in [1.82, 2.24) is 14.4 Å². The van der Waals surface area contributed by atoms with Gasteiger partial charge in [0.25, 0.3) is 10.0 Å². The van der Waals surface area contributed by atoms with Crippen LogP contribution in [0.15, 0.2) is 64.6 Å². The van der Waals surface area contributed by atoms with E-state index in [1.165, 1.54) is 29.9 Å². The van der Waals surface area contributed by atoms with Gasteiger partial charge in [0.15, 0.2) is 0 Å². The minimum Gasteiger partial charge on any atom is -0.200 e. The zero-order chi connectivity index (χ0) is 17.0. The molecule has 0 radical (unpaired) electrons. The van der Waals surface area contributed by atoms with Crippen LogP contribution in [-0.4, -0.2) is 24.2 Å². The molecule has 0 amide bonds. The van der Waals surface area contributed by atoms with Crippen molar-refractivity contribution >= 4 is 27.8 Å². The third-order valence-electron chi connectivity index (χ3n) is 3.24. The van der Waals surface area contributed by atoms with Crippen molar-refractivity contribution in [1.29, 1.82) is 0 Å². The molecule has 2 aromatic carbocycles. The summed E-state index contributed by atoms with van der Waals surface area (Å²) >= 11 is 1.23. The molecule has 0 unspecified atom stereocenters. The second kappa shape index (κ2) is 6.90. The second-order valence-corrected chi connectivity index (χ2v) is 7.43. The first kappa shape index (κ1) is 16.3. The van der Waals surface area contributed by atoms with Crippen molar-refractivity contribution in [3.8, 4) is 10.4 Å². The Balaban J connectivity index is 1.78. The standard InChI is InChI=1S/C16H14N4O2S2/c1-12-7-9-14(10-8-12)24(21,22)20-17-11-15-16(23-19-18-15)13-5-3-2-4-6-13/h2-11,20H,1H3/b17-11-. The van der Waals surface area contributed by atoms with Crippen LogP contribution in [0.4, 0.5) is 0 Å². The summed E-state index contributed by atoms with van der Waals surface area (Å²) in [4.78, 5) is 3.18. The summed E-state index contributed by atoms with van der Waals surface area (Å²) in [6, 6.07) is 16.1. The van der Waals surface area contributed by atoms with Gasteiger partial charge in [-0.1, -0.05) is 52.5 Å². The molecule has 1 aromatic heterocycles. The maximum Gasteiger partial charge on any atom is 0.276 e. The maximum absolute atomic E-state index is 12.2. The molecule has 8 heteroatoms. The lowest BCUT2D eigenvalue weighted by Crippen LogP contribution is -2.18. The molecule has 6 nitrogen and oxygen atoms in total. The molecular formula is C16H14N4O2S2. The summed E-state index contributed by atoms with van der Waals surface area (Å²) in [5.74, 6) is 0. The fourth-order valence-electron chi connectivity index (χ4n) is 2.00. The normalized spacial score (nSPS) is 11.7. The molecule has 0 aliphatic heterocycles. The molecule has 0 saturated carbocycles. The van der Waals surface area contributed by atoms with Gasteiger partial charge in [-0.3, -0.25) is 0 Å². The van der Waals surface area contributed by atoms with E-state index in [-0.39, 0.29) is 4.90 Å². The van der Waals surface area contributed by atoms with Gasteiger partial charge in [-0.2, -0.15) is 13.5 Å². The molecule has 0 atom stereocenters. The predicted molar refractivity (Wildman–Crippen MR) is 94.4 cm³/mol. The van der Waals surface area contributed by atoms with Crippen molar-refractivity contribution in [2.24, 2.45) is 5.10 Å². The first-order valence-electron chi connectivity index (χ1n) is 7.05. The SMILES string of the molecule is Cc1ccc(S(=O)(=O)N/N=C\c2nnsc2-c2ccccc2)cc1. The Bertz CT molecular complexity index is 949. The Hall–Kier alpha value is -2.58. The molecule has 0 saturated heterocycles. The van der Waals surface area contributed by atoms with E-state index in [0.717, 1.165) is 16.0 Å². The predicted octanol–water partition coefficient (Wildman–Crippen LogP) is 2.83. The van der Waals surface area contributed by atoms with Crippen LogP contribution in [0.2, 0.25) is 0 Å². The first-order chi connectivity index (χ1) is 11.6. The molecule has 122 valence electrons. The zero-order valence-electron chi connectivity index (χ0n) is 12.7. The summed E-state index contributed by atoms with van der Waals surface area (Å²) in [7, 11) is -3.70. The molecule has 0 aliphatic rings. The summed E-state index contributed by atoms with van der Waals surface area (Å²) in [6.45, 7) is 1.89. The van der Waals surface area contributed by atoms with Crippen molar-refractivity contribution < 1.29 is 8.42 Å². The third-order valence-corrected chi connectivity index (χ3v) is 5.27. The Morgan fingerprint density at radius 3 is 2.50 bits per heavy atom. The number of aryl methyl sites for hydroxylation is 1. The highest BCUT2D eigenvalue weighted by Crippen LogP contribution is 2.24. The van der Waals surface area contributed by atoms with Gasteiger partial charge in [-0.05, 0) is 36.2 Å². The highest BCUT2D eigenvalue weighted by atomic mass is 32.2. The second-order valence-electron chi connectivity index (χ2n) is 5.02. The molecule has 1 N–H and O–H groups in total. The number of aromatic nitrogens is 2.